The van der Waals surface area contributed by atoms with Crippen LogP contribution in [0.3, 0.4) is 0 Å². The molecular weight excluding hydrogens is 220 g/mol. The highest BCUT2D eigenvalue weighted by Crippen LogP contribution is 2.30. The number of phenols is 1. The summed E-state index contributed by atoms with van der Waals surface area (Å²) in [4.78, 5) is 5.58. The minimum Gasteiger partial charge on any atom is -0.507 e. The van der Waals surface area contributed by atoms with Crippen LogP contribution in [0.15, 0.2) is 18.2 Å². The standard InChI is InChI=1S/C12H10N2OS/c1-7-8(2)16-12(14-7)9-3-4-11(15)10(5-9)6-13/h3-5,15H,1-2H3. The fourth-order valence-electron chi connectivity index (χ4n) is 1.35. The fraction of sp³-hybridized carbons (Fsp3) is 0.167. The van der Waals surface area contributed by atoms with Gasteiger partial charge in [-0.05, 0) is 32.0 Å². The third kappa shape index (κ3) is 1.77. The average molecular weight is 230 g/mol. The third-order valence-corrected chi connectivity index (χ3v) is 3.51. The number of aromatic hydroxyl groups is 1. The van der Waals surface area contributed by atoms with Crippen molar-refractivity contribution in [2.45, 2.75) is 13.8 Å². The highest BCUT2D eigenvalue weighted by Gasteiger charge is 2.08. The number of hydrogen-bond acceptors (Lipinski definition) is 4. The maximum absolute atomic E-state index is 9.40. The summed E-state index contributed by atoms with van der Waals surface area (Å²) in [6.07, 6.45) is 0. The molecule has 2 aromatic rings. The molecule has 0 aliphatic carbocycles. The maximum atomic E-state index is 9.40. The van der Waals surface area contributed by atoms with Crippen LogP contribution in [0.4, 0.5) is 0 Å². The minimum atomic E-state index is 0.0104. The van der Waals surface area contributed by atoms with E-state index in [1.807, 2.05) is 19.9 Å². The van der Waals surface area contributed by atoms with Crippen molar-refractivity contribution in [3.05, 3.63) is 34.3 Å². The van der Waals surface area contributed by atoms with Gasteiger partial charge in [0.05, 0.1) is 11.3 Å². The van der Waals surface area contributed by atoms with Crippen molar-refractivity contribution in [3.63, 3.8) is 0 Å². The Kier molecular flexibility index (Phi) is 2.63. The van der Waals surface area contributed by atoms with E-state index in [9.17, 15) is 5.11 Å². The predicted molar refractivity (Wildman–Crippen MR) is 63.4 cm³/mol. The monoisotopic (exact) mass is 230 g/mol. The van der Waals surface area contributed by atoms with E-state index in [1.54, 1.807) is 23.5 Å². The summed E-state index contributed by atoms with van der Waals surface area (Å²) in [5, 5.41) is 19.1. The molecule has 0 aliphatic rings. The van der Waals surface area contributed by atoms with Crippen LogP contribution in [-0.2, 0) is 0 Å². The summed E-state index contributed by atoms with van der Waals surface area (Å²) in [5.74, 6) is 0.0104. The van der Waals surface area contributed by atoms with Gasteiger partial charge < -0.3 is 5.11 Å². The van der Waals surface area contributed by atoms with Crippen LogP contribution in [0, 0.1) is 25.2 Å². The number of aromatic nitrogens is 1. The Morgan fingerprint density at radius 1 is 1.38 bits per heavy atom. The largest absolute Gasteiger partial charge is 0.507 e. The SMILES string of the molecule is Cc1nc(-c2ccc(O)c(C#N)c2)sc1C. The van der Waals surface area contributed by atoms with Gasteiger partial charge in [0.1, 0.15) is 16.8 Å². The molecule has 4 heteroatoms. The Morgan fingerprint density at radius 2 is 2.12 bits per heavy atom. The summed E-state index contributed by atoms with van der Waals surface area (Å²) in [7, 11) is 0. The molecule has 0 saturated heterocycles. The summed E-state index contributed by atoms with van der Waals surface area (Å²) in [6, 6.07) is 6.91. The Bertz CT molecular complexity index is 562. The molecule has 1 aromatic heterocycles. The van der Waals surface area contributed by atoms with E-state index >= 15 is 0 Å². The average Bonchev–Trinajstić information content (AvgIpc) is 2.60. The van der Waals surface area contributed by atoms with E-state index in [1.165, 1.54) is 10.9 Å². The number of nitrogens with zero attached hydrogens (tertiary/aromatic N) is 2. The zero-order valence-corrected chi connectivity index (χ0v) is 9.80. The van der Waals surface area contributed by atoms with Crippen molar-refractivity contribution in [1.82, 2.24) is 4.98 Å². The molecule has 1 heterocycles. The van der Waals surface area contributed by atoms with Gasteiger partial charge in [-0.25, -0.2) is 4.98 Å². The Morgan fingerprint density at radius 3 is 2.69 bits per heavy atom. The van der Waals surface area contributed by atoms with Crippen molar-refractivity contribution in [1.29, 1.82) is 5.26 Å². The van der Waals surface area contributed by atoms with Crippen LogP contribution in [-0.4, -0.2) is 10.1 Å². The maximum Gasteiger partial charge on any atom is 0.133 e. The van der Waals surface area contributed by atoms with E-state index in [-0.39, 0.29) is 11.3 Å². The zero-order valence-electron chi connectivity index (χ0n) is 8.98. The van der Waals surface area contributed by atoms with Crippen molar-refractivity contribution in [3.8, 4) is 22.4 Å². The summed E-state index contributed by atoms with van der Waals surface area (Å²) >= 11 is 1.59. The van der Waals surface area contributed by atoms with Crippen LogP contribution in [0.2, 0.25) is 0 Å². The minimum absolute atomic E-state index is 0.0104. The first-order valence-corrected chi connectivity index (χ1v) is 5.61. The second-order valence-electron chi connectivity index (χ2n) is 3.50. The molecule has 1 aromatic carbocycles. The number of thiazole rings is 1. The molecule has 2 rings (SSSR count). The number of benzene rings is 1. The van der Waals surface area contributed by atoms with E-state index in [0.29, 0.717) is 0 Å². The van der Waals surface area contributed by atoms with E-state index in [2.05, 4.69) is 4.98 Å². The van der Waals surface area contributed by atoms with Gasteiger partial charge in [0.15, 0.2) is 0 Å². The second-order valence-corrected chi connectivity index (χ2v) is 4.71. The molecule has 16 heavy (non-hydrogen) atoms. The first kappa shape index (κ1) is 10.7. The number of rotatable bonds is 1. The highest BCUT2D eigenvalue weighted by molar-refractivity contribution is 7.15. The van der Waals surface area contributed by atoms with E-state index < -0.39 is 0 Å². The lowest BCUT2D eigenvalue weighted by Crippen LogP contribution is -1.81. The molecule has 1 N–H and O–H groups in total. The van der Waals surface area contributed by atoms with Gasteiger partial charge in [0.2, 0.25) is 0 Å². The Hall–Kier alpha value is -1.86. The van der Waals surface area contributed by atoms with E-state index in [0.717, 1.165) is 16.3 Å². The molecule has 0 fully saturated rings. The normalized spacial score (nSPS) is 10.1. The summed E-state index contributed by atoms with van der Waals surface area (Å²) in [6.45, 7) is 3.98. The van der Waals surface area contributed by atoms with Crippen molar-refractivity contribution >= 4 is 11.3 Å². The Labute approximate surface area is 97.6 Å². The molecule has 0 spiro atoms. The van der Waals surface area contributed by atoms with Crippen LogP contribution >= 0.6 is 11.3 Å². The molecule has 0 amide bonds. The number of nitriles is 1. The van der Waals surface area contributed by atoms with Gasteiger partial charge in [-0.1, -0.05) is 0 Å². The quantitative estimate of drug-likeness (QED) is 0.819. The number of phenolic OH excluding ortho intramolecular Hbond substituents is 1. The zero-order chi connectivity index (χ0) is 11.7. The highest BCUT2D eigenvalue weighted by atomic mass is 32.1. The topological polar surface area (TPSA) is 56.9 Å². The molecule has 80 valence electrons. The molecule has 0 radical (unpaired) electrons. The van der Waals surface area contributed by atoms with Gasteiger partial charge in [-0.2, -0.15) is 5.26 Å². The van der Waals surface area contributed by atoms with Crippen LogP contribution in [0.25, 0.3) is 10.6 Å². The van der Waals surface area contributed by atoms with Gasteiger partial charge >= 0.3 is 0 Å². The van der Waals surface area contributed by atoms with Crippen molar-refractivity contribution in [2.75, 3.05) is 0 Å². The lowest BCUT2D eigenvalue weighted by Gasteiger charge is -1.99. The molecule has 0 atom stereocenters. The van der Waals surface area contributed by atoms with Gasteiger partial charge in [-0.3, -0.25) is 0 Å². The van der Waals surface area contributed by atoms with Crippen molar-refractivity contribution < 1.29 is 5.11 Å². The summed E-state index contributed by atoms with van der Waals surface area (Å²) in [5.41, 5.74) is 2.16. The predicted octanol–water partition coefficient (Wildman–Crippen LogP) is 3.00. The fourth-order valence-corrected chi connectivity index (χ4v) is 2.27. The third-order valence-electron chi connectivity index (χ3n) is 2.39. The summed E-state index contributed by atoms with van der Waals surface area (Å²) < 4.78 is 0. The van der Waals surface area contributed by atoms with Crippen LogP contribution in [0.1, 0.15) is 16.1 Å². The van der Waals surface area contributed by atoms with Crippen LogP contribution in [0.5, 0.6) is 5.75 Å². The van der Waals surface area contributed by atoms with Crippen LogP contribution < -0.4 is 0 Å². The lowest BCUT2D eigenvalue weighted by molar-refractivity contribution is 0.473. The lowest BCUT2D eigenvalue weighted by atomic mass is 10.1. The molecule has 0 saturated carbocycles. The van der Waals surface area contributed by atoms with E-state index in [4.69, 9.17) is 5.26 Å². The first-order valence-electron chi connectivity index (χ1n) is 4.79. The van der Waals surface area contributed by atoms with Gasteiger partial charge in [0, 0.05) is 10.4 Å². The smallest absolute Gasteiger partial charge is 0.133 e. The molecule has 0 aliphatic heterocycles. The van der Waals surface area contributed by atoms with Gasteiger partial charge in [0.25, 0.3) is 0 Å². The molecule has 0 unspecified atom stereocenters. The molecule has 0 bridgehead atoms. The first-order chi connectivity index (χ1) is 7.61. The molecular formula is C12H10N2OS. The van der Waals surface area contributed by atoms with Crippen molar-refractivity contribution in [2.24, 2.45) is 0 Å². The van der Waals surface area contributed by atoms with Gasteiger partial charge in [-0.15, -0.1) is 11.3 Å². The number of aryl methyl sites for hydroxylation is 2. The number of hydrogen-bond donors (Lipinski definition) is 1. The molecule has 3 nitrogen and oxygen atoms in total. The second kappa shape index (κ2) is 3.95. The Balaban J connectivity index is 2.53.